The standard InChI is InChI=1S/C15H22BrN3O2/c1-19(2)9-5-8-17-15(21)11-18-14(20)10-12-6-3-4-7-13(12)16/h3-4,6-7H,5,8-11H2,1-2H3,(H,17,21)(H,18,20). The molecule has 0 fully saturated rings. The topological polar surface area (TPSA) is 61.4 Å². The molecule has 116 valence electrons. The zero-order chi connectivity index (χ0) is 15.7. The van der Waals surface area contributed by atoms with E-state index in [9.17, 15) is 9.59 Å². The van der Waals surface area contributed by atoms with Crippen molar-refractivity contribution in [1.29, 1.82) is 0 Å². The Labute approximate surface area is 134 Å². The smallest absolute Gasteiger partial charge is 0.239 e. The molecule has 21 heavy (non-hydrogen) atoms. The van der Waals surface area contributed by atoms with Gasteiger partial charge in [-0.2, -0.15) is 0 Å². The number of halogens is 1. The van der Waals surface area contributed by atoms with Gasteiger partial charge in [-0.05, 0) is 38.7 Å². The maximum atomic E-state index is 11.8. The Balaban J connectivity index is 2.21. The molecule has 0 saturated carbocycles. The van der Waals surface area contributed by atoms with Crippen molar-refractivity contribution in [2.45, 2.75) is 12.8 Å². The van der Waals surface area contributed by atoms with Crippen molar-refractivity contribution in [3.05, 3.63) is 34.3 Å². The van der Waals surface area contributed by atoms with Gasteiger partial charge in [-0.25, -0.2) is 0 Å². The van der Waals surface area contributed by atoms with Crippen LogP contribution in [-0.4, -0.2) is 50.4 Å². The lowest BCUT2D eigenvalue weighted by molar-refractivity contribution is -0.125. The molecule has 0 radical (unpaired) electrons. The van der Waals surface area contributed by atoms with Crippen LogP contribution in [0.25, 0.3) is 0 Å². The number of carbonyl (C=O) groups is 2. The second-order valence-electron chi connectivity index (χ2n) is 5.05. The number of hydrogen-bond donors (Lipinski definition) is 2. The molecule has 2 amide bonds. The van der Waals surface area contributed by atoms with Crippen LogP contribution in [0.4, 0.5) is 0 Å². The molecule has 0 unspecified atom stereocenters. The normalized spacial score (nSPS) is 10.5. The van der Waals surface area contributed by atoms with Crippen LogP contribution in [-0.2, 0) is 16.0 Å². The van der Waals surface area contributed by atoms with Gasteiger partial charge in [0.1, 0.15) is 0 Å². The highest BCUT2D eigenvalue weighted by molar-refractivity contribution is 9.10. The van der Waals surface area contributed by atoms with Crippen molar-refractivity contribution in [2.24, 2.45) is 0 Å². The maximum absolute atomic E-state index is 11.8. The molecule has 0 aliphatic heterocycles. The van der Waals surface area contributed by atoms with Gasteiger partial charge in [0, 0.05) is 11.0 Å². The number of nitrogens with zero attached hydrogens (tertiary/aromatic N) is 1. The van der Waals surface area contributed by atoms with E-state index in [0.717, 1.165) is 23.0 Å². The molecule has 0 atom stereocenters. The van der Waals surface area contributed by atoms with Crippen molar-refractivity contribution in [3.8, 4) is 0 Å². The first-order chi connectivity index (χ1) is 9.99. The number of carbonyl (C=O) groups excluding carboxylic acids is 2. The first-order valence-corrected chi connectivity index (χ1v) is 7.70. The third-order valence-electron chi connectivity index (χ3n) is 2.86. The quantitative estimate of drug-likeness (QED) is 0.688. The molecule has 1 aromatic carbocycles. The zero-order valence-electron chi connectivity index (χ0n) is 12.5. The van der Waals surface area contributed by atoms with E-state index in [1.807, 2.05) is 38.4 Å². The van der Waals surface area contributed by atoms with Gasteiger partial charge in [0.2, 0.25) is 11.8 Å². The van der Waals surface area contributed by atoms with Gasteiger partial charge in [0.05, 0.1) is 13.0 Å². The molecule has 0 heterocycles. The van der Waals surface area contributed by atoms with E-state index in [2.05, 4.69) is 31.5 Å². The van der Waals surface area contributed by atoms with E-state index in [1.54, 1.807) is 0 Å². The Morgan fingerprint density at radius 3 is 2.52 bits per heavy atom. The minimum Gasteiger partial charge on any atom is -0.355 e. The lowest BCUT2D eigenvalue weighted by Gasteiger charge is -2.10. The minimum absolute atomic E-state index is 0.0191. The highest BCUT2D eigenvalue weighted by Gasteiger charge is 2.08. The predicted molar refractivity (Wildman–Crippen MR) is 87.0 cm³/mol. The summed E-state index contributed by atoms with van der Waals surface area (Å²) in [6.07, 6.45) is 1.15. The summed E-state index contributed by atoms with van der Waals surface area (Å²) in [7, 11) is 3.98. The fraction of sp³-hybridized carbons (Fsp3) is 0.467. The van der Waals surface area contributed by atoms with E-state index >= 15 is 0 Å². The Morgan fingerprint density at radius 2 is 1.86 bits per heavy atom. The Hall–Kier alpha value is -1.40. The molecule has 0 spiro atoms. The molecule has 2 N–H and O–H groups in total. The second kappa shape index (κ2) is 9.52. The summed E-state index contributed by atoms with van der Waals surface area (Å²) in [6, 6.07) is 7.54. The van der Waals surface area contributed by atoms with Gasteiger partial charge < -0.3 is 15.5 Å². The molecule has 0 saturated heterocycles. The van der Waals surface area contributed by atoms with E-state index in [-0.39, 0.29) is 24.8 Å². The summed E-state index contributed by atoms with van der Waals surface area (Å²) in [5.74, 6) is -0.320. The first kappa shape index (κ1) is 17.7. The van der Waals surface area contributed by atoms with Crippen LogP contribution < -0.4 is 10.6 Å². The average molecular weight is 356 g/mol. The number of benzene rings is 1. The Kier molecular flexibility index (Phi) is 8.00. The number of hydrogen-bond acceptors (Lipinski definition) is 3. The molecule has 6 heteroatoms. The molecular formula is C15H22BrN3O2. The molecule has 1 rings (SSSR count). The molecule has 0 aliphatic carbocycles. The highest BCUT2D eigenvalue weighted by Crippen LogP contribution is 2.15. The predicted octanol–water partition coefficient (Wildman–Crippen LogP) is 1.18. The molecule has 1 aromatic rings. The summed E-state index contributed by atoms with van der Waals surface area (Å²) in [5.41, 5.74) is 0.904. The lowest BCUT2D eigenvalue weighted by Crippen LogP contribution is -2.38. The largest absolute Gasteiger partial charge is 0.355 e. The summed E-state index contributed by atoms with van der Waals surface area (Å²) in [4.78, 5) is 25.4. The van der Waals surface area contributed by atoms with E-state index in [0.29, 0.717) is 6.54 Å². The van der Waals surface area contributed by atoms with Crippen LogP contribution in [0.5, 0.6) is 0 Å². The number of nitrogens with one attached hydrogen (secondary N) is 2. The van der Waals surface area contributed by atoms with Crippen LogP contribution >= 0.6 is 15.9 Å². The first-order valence-electron chi connectivity index (χ1n) is 6.90. The van der Waals surface area contributed by atoms with Crippen LogP contribution in [0.15, 0.2) is 28.7 Å². The van der Waals surface area contributed by atoms with Gasteiger partial charge in [-0.15, -0.1) is 0 Å². The summed E-state index contributed by atoms with van der Waals surface area (Å²) >= 11 is 3.40. The van der Waals surface area contributed by atoms with Crippen molar-refractivity contribution in [2.75, 3.05) is 33.7 Å². The van der Waals surface area contributed by atoms with Gasteiger partial charge in [-0.3, -0.25) is 9.59 Å². The van der Waals surface area contributed by atoms with Crippen LogP contribution in [0.1, 0.15) is 12.0 Å². The number of amides is 2. The van der Waals surface area contributed by atoms with Gasteiger partial charge in [0.15, 0.2) is 0 Å². The minimum atomic E-state index is -0.162. The molecule has 0 aliphatic rings. The fourth-order valence-corrected chi connectivity index (χ4v) is 2.17. The monoisotopic (exact) mass is 355 g/mol. The third kappa shape index (κ3) is 7.82. The van der Waals surface area contributed by atoms with Gasteiger partial charge in [0.25, 0.3) is 0 Å². The molecular weight excluding hydrogens is 334 g/mol. The van der Waals surface area contributed by atoms with Crippen molar-refractivity contribution >= 4 is 27.7 Å². The van der Waals surface area contributed by atoms with Crippen LogP contribution in [0.3, 0.4) is 0 Å². The van der Waals surface area contributed by atoms with E-state index in [1.165, 1.54) is 0 Å². The van der Waals surface area contributed by atoms with Crippen molar-refractivity contribution in [3.63, 3.8) is 0 Å². The fourth-order valence-electron chi connectivity index (χ4n) is 1.74. The molecule has 0 bridgehead atoms. The average Bonchev–Trinajstić information content (AvgIpc) is 2.44. The van der Waals surface area contributed by atoms with Crippen molar-refractivity contribution in [1.82, 2.24) is 15.5 Å². The zero-order valence-corrected chi connectivity index (χ0v) is 14.1. The summed E-state index contributed by atoms with van der Waals surface area (Å²) in [6.45, 7) is 1.57. The third-order valence-corrected chi connectivity index (χ3v) is 3.63. The van der Waals surface area contributed by atoms with Crippen LogP contribution in [0.2, 0.25) is 0 Å². The van der Waals surface area contributed by atoms with E-state index in [4.69, 9.17) is 0 Å². The summed E-state index contributed by atoms with van der Waals surface area (Å²) in [5, 5.41) is 5.40. The highest BCUT2D eigenvalue weighted by atomic mass is 79.9. The second-order valence-corrected chi connectivity index (χ2v) is 5.91. The number of rotatable bonds is 8. The maximum Gasteiger partial charge on any atom is 0.239 e. The lowest BCUT2D eigenvalue weighted by atomic mass is 10.1. The molecule has 0 aromatic heterocycles. The summed E-state index contributed by atoms with van der Waals surface area (Å²) < 4.78 is 0.897. The van der Waals surface area contributed by atoms with Gasteiger partial charge in [-0.1, -0.05) is 34.1 Å². The van der Waals surface area contributed by atoms with Gasteiger partial charge >= 0.3 is 0 Å². The SMILES string of the molecule is CN(C)CCCNC(=O)CNC(=O)Cc1ccccc1Br. The van der Waals surface area contributed by atoms with E-state index < -0.39 is 0 Å². The Morgan fingerprint density at radius 1 is 1.14 bits per heavy atom. The van der Waals surface area contributed by atoms with Crippen molar-refractivity contribution < 1.29 is 9.59 Å². The molecule has 5 nitrogen and oxygen atoms in total. The van der Waals surface area contributed by atoms with Crippen LogP contribution in [0, 0.1) is 0 Å². The Bertz CT molecular complexity index is 478.